The van der Waals surface area contributed by atoms with E-state index in [4.69, 9.17) is 14.7 Å². The van der Waals surface area contributed by atoms with E-state index >= 15 is 0 Å². The average Bonchev–Trinajstić information content (AvgIpc) is 2.76. The Morgan fingerprint density at radius 1 is 1.35 bits per heavy atom. The van der Waals surface area contributed by atoms with Crippen molar-refractivity contribution in [3.8, 4) is 0 Å². The molecule has 0 aromatic carbocycles. The normalized spacial score (nSPS) is 13.1. The topological polar surface area (TPSA) is 47.0 Å². The van der Waals surface area contributed by atoms with E-state index in [2.05, 4.69) is 39.1 Å². The Bertz CT molecular complexity index is 580. The lowest BCUT2D eigenvalue weighted by molar-refractivity contribution is 0.0579. The molecule has 20 heavy (non-hydrogen) atoms. The standard InChI is InChI=1S/C15H23N3OS/c1-6-7-16-13-11-8-10(4)20-15(11)18-14(17-13)12(19-5)9(2)3/h8-9,12H,6-7H2,1-5H3,(H,16,17,18). The lowest BCUT2D eigenvalue weighted by Crippen LogP contribution is -2.14. The Hall–Kier alpha value is -1.20. The fourth-order valence-electron chi connectivity index (χ4n) is 2.24. The molecule has 110 valence electrons. The molecule has 0 radical (unpaired) electrons. The molecule has 5 heteroatoms. The van der Waals surface area contributed by atoms with Gasteiger partial charge in [0.1, 0.15) is 16.8 Å². The number of aryl methyl sites for hydroxylation is 1. The van der Waals surface area contributed by atoms with Crippen LogP contribution in [0, 0.1) is 12.8 Å². The summed E-state index contributed by atoms with van der Waals surface area (Å²) in [7, 11) is 1.72. The van der Waals surface area contributed by atoms with Crippen molar-refractivity contribution in [3.05, 3.63) is 16.8 Å². The predicted octanol–water partition coefficient (Wildman–Crippen LogP) is 4.17. The molecule has 2 aromatic heterocycles. The van der Waals surface area contributed by atoms with Crippen molar-refractivity contribution in [1.29, 1.82) is 0 Å². The molecule has 2 heterocycles. The molecule has 1 unspecified atom stereocenters. The third-order valence-corrected chi connectivity index (χ3v) is 4.13. The molecule has 0 spiro atoms. The number of aromatic nitrogens is 2. The zero-order valence-corrected chi connectivity index (χ0v) is 13.7. The van der Waals surface area contributed by atoms with Crippen molar-refractivity contribution >= 4 is 27.4 Å². The van der Waals surface area contributed by atoms with Crippen LogP contribution >= 0.6 is 11.3 Å². The molecule has 0 saturated heterocycles. The first kappa shape index (κ1) is 15.2. The van der Waals surface area contributed by atoms with Crippen LogP contribution in [-0.4, -0.2) is 23.6 Å². The van der Waals surface area contributed by atoms with Gasteiger partial charge in [0.15, 0.2) is 5.82 Å². The summed E-state index contributed by atoms with van der Waals surface area (Å²) in [5.74, 6) is 2.05. The quantitative estimate of drug-likeness (QED) is 0.868. The summed E-state index contributed by atoms with van der Waals surface area (Å²) in [5, 5.41) is 4.52. The van der Waals surface area contributed by atoms with Crippen LogP contribution in [0.4, 0.5) is 5.82 Å². The molecule has 0 aliphatic rings. The van der Waals surface area contributed by atoms with E-state index in [9.17, 15) is 0 Å². The van der Waals surface area contributed by atoms with E-state index in [1.54, 1.807) is 18.4 Å². The second-order valence-electron chi connectivity index (χ2n) is 5.33. The van der Waals surface area contributed by atoms with E-state index < -0.39 is 0 Å². The molecule has 0 bridgehead atoms. The summed E-state index contributed by atoms with van der Waals surface area (Å²) in [6.07, 6.45) is 1.01. The molecule has 4 nitrogen and oxygen atoms in total. The minimum absolute atomic E-state index is 0.0658. The van der Waals surface area contributed by atoms with Crippen molar-refractivity contribution in [1.82, 2.24) is 9.97 Å². The maximum absolute atomic E-state index is 5.56. The number of fused-ring (bicyclic) bond motifs is 1. The van der Waals surface area contributed by atoms with Gasteiger partial charge in [-0.15, -0.1) is 11.3 Å². The Balaban J connectivity index is 2.50. The first-order chi connectivity index (χ1) is 9.56. The van der Waals surface area contributed by atoms with Crippen LogP contribution in [0.3, 0.4) is 0 Å². The molecule has 0 aliphatic carbocycles. The molecule has 0 fully saturated rings. The second-order valence-corrected chi connectivity index (χ2v) is 6.57. The lowest BCUT2D eigenvalue weighted by Gasteiger charge is -2.18. The summed E-state index contributed by atoms with van der Waals surface area (Å²) < 4.78 is 5.56. The number of methoxy groups -OCH3 is 1. The molecule has 1 atom stereocenters. The van der Waals surface area contributed by atoms with Gasteiger partial charge < -0.3 is 10.1 Å². The van der Waals surface area contributed by atoms with Crippen LogP contribution < -0.4 is 5.32 Å². The summed E-state index contributed by atoms with van der Waals surface area (Å²) in [6, 6.07) is 2.15. The van der Waals surface area contributed by atoms with Gasteiger partial charge in [0.25, 0.3) is 0 Å². The minimum atomic E-state index is -0.0658. The summed E-state index contributed by atoms with van der Waals surface area (Å²) >= 11 is 1.71. The fourth-order valence-corrected chi connectivity index (χ4v) is 3.13. The van der Waals surface area contributed by atoms with Gasteiger partial charge in [0.2, 0.25) is 0 Å². The van der Waals surface area contributed by atoms with Gasteiger partial charge in [0, 0.05) is 18.5 Å². The first-order valence-corrected chi connectivity index (χ1v) is 7.93. The number of nitrogens with one attached hydrogen (secondary N) is 1. The van der Waals surface area contributed by atoms with Gasteiger partial charge in [-0.25, -0.2) is 9.97 Å². The average molecular weight is 293 g/mol. The monoisotopic (exact) mass is 293 g/mol. The Morgan fingerprint density at radius 2 is 2.10 bits per heavy atom. The highest BCUT2D eigenvalue weighted by molar-refractivity contribution is 7.18. The van der Waals surface area contributed by atoms with Gasteiger partial charge >= 0.3 is 0 Å². The van der Waals surface area contributed by atoms with Gasteiger partial charge in [-0.1, -0.05) is 20.8 Å². The van der Waals surface area contributed by atoms with Crippen molar-refractivity contribution in [2.45, 2.75) is 40.2 Å². The number of thiophene rings is 1. The van der Waals surface area contributed by atoms with Crippen LogP contribution in [0.25, 0.3) is 10.2 Å². The maximum Gasteiger partial charge on any atom is 0.161 e. The number of rotatable bonds is 6. The largest absolute Gasteiger partial charge is 0.373 e. The molecule has 2 aromatic rings. The van der Waals surface area contributed by atoms with Crippen molar-refractivity contribution < 1.29 is 4.74 Å². The maximum atomic E-state index is 5.56. The van der Waals surface area contributed by atoms with Crippen LogP contribution in [0.5, 0.6) is 0 Å². The second kappa shape index (κ2) is 6.50. The fraction of sp³-hybridized carbons (Fsp3) is 0.600. The molecule has 0 saturated carbocycles. The van der Waals surface area contributed by atoms with E-state index in [-0.39, 0.29) is 6.10 Å². The smallest absolute Gasteiger partial charge is 0.161 e. The van der Waals surface area contributed by atoms with E-state index in [1.807, 2.05) is 0 Å². The Labute approximate surface area is 124 Å². The zero-order valence-electron chi connectivity index (χ0n) is 12.9. The van der Waals surface area contributed by atoms with Crippen LogP contribution in [0.2, 0.25) is 0 Å². The molecule has 0 aliphatic heterocycles. The number of anilines is 1. The zero-order chi connectivity index (χ0) is 14.7. The summed E-state index contributed by atoms with van der Waals surface area (Å²) in [5.41, 5.74) is 0. The van der Waals surface area contributed by atoms with E-state index in [0.29, 0.717) is 5.92 Å². The van der Waals surface area contributed by atoms with Crippen molar-refractivity contribution in [3.63, 3.8) is 0 Å². The van der Waals surface area contributed by atoms with Crippen LogP contribution in [-0.2, 0) is 4.74 Å². The molecule has 1 N–H and O–H groups in total. The van der Waals surface area contributed by atoms with Crippen molar-refractivity contribution in [2.75, 3.05) is 19.0 Å². The molecule has 0 amide bonds. The highest BCUT2D eigenvalue weighted by Gasteiger charge is 2.21. The third-order valence-electron chi connectivity index (χ3n) is 3.19. The number of hydrogen-bond acceptors (Lipinski definition) is 5. The van der Waals surface area contributed by atoms with E-state index in [1.165, 1.54) is 4.88 Å². The van der Waals surface area contributed by atoms with Gasteiger partial charge in [0.05, 0.1) is 5.39 Å². The SMILES string of the molecule is CCCNc1nc(C(OC)C(C)C)nc2sc(C)cc12. The molecular weight excluding hydrogens is 270 g/mol. The van der Waals surface area contributed by atoms with Crippen LogP contribution in [0.15, 0.2) is 6.07 Å². The van der Waals surface area contributed by atoms with Crippen molar-refractivity contribution in [2.24, 2.45) is 5.92 Å². The number of nitrogens with zero attached hydrogens (tertiary/aromatic N) is 2. The highest BCUT2D eigenvalue weighted by atomic mass is 32.1. The number of hydrogen-bond donors (Lipinski definition) is 1. The van der Waals surface area contributed by atoms with Gasteiger partial charge in [-0.05, 0) is 25.3 Å². The molecule has 2 rings (SSSR count). The predicted molar refractivity (Wildman–Crippen MR) is 85.5 cm³/mol. The summed E-state index contributed by atoms with van der Waals surface area (Å²) in [6.45, 7) is 9.42. The van der Waals surface area contributed by atoms with Gasteiger partial charge in [-0.2, -0.15) is 0 Å². The third kappa shape index (κ3) is 3.10. The number of ether oxygens (including phenoxy) is 1. The first-order valence-electron chi connectivity index (χ1n) is 7.11. The highest BCUT2D eigenvalue weighted by Crippen LogP contribution is 2.31. The van der Waals surface area contributed by atoms with Crippen LogP contribution in [0.1, 0.15) is 44.0 Å². The molecular formula is C15H23N3OS. The van der Waals surface area contributed by atoms with E-state index in [0.717, 1.165) is 34.8 Å². The Kier molecular flexibility index (Phi) is 4.94. The Morgan fingerprint density at radius 3 is 2.70 bits per heavy atom. The minimum Gasteiger partial charge on any atom is -0.373 e. The van der Waals surface area contributed by atoms with Gasteiger partial charge in [-0.3, -0.25) is 0 Å². The summed E-state index contributed by atoms with van der Waals surface area (Å²) in [4.78, 5) is 11.7. The lowest BCUT2D eigenvalue weighted by atomic mass is 10.1.